The monoisotopic (exact) mass is 326 g/mol. The van der Waals surface area contributed by atoms with Gasteiger partial charge in [-0.3, -0.25) is 0 Å². The fourth-order valence-corrected chi connectivity index (χ4v) is 2.41. The van der Waals surface area contributed by atoms with Gasteiger partial charge < -0.3 is 0 Å². The van der Waals surface area contributed by atoms with Crippen molar-refractivity contribution in [3.8, 4) is 48.4 Å². The Hall–Kier alpha value is -4.10. The Labute approximate surface area is 154 Å². The third-order valence-electron chi connectivity index (χ3n) is 3.76. The van der Waals surface area contributed by atoms with E-state index in [0.717, 1.165) is 33.4 Å². The number of rotatable bonds is 0. The van der Waals surface area contributed by atoms with Gasteiger partial charge in [0, 0.05) is 33.4 Å². The first-order valence-corrected chi connectivity index (χ1v) is 8.06. The van der Waals surface area contributed by atoms with Crippen LogP contribution < -0.4 is 0 Å². The van der Waals surface area contributed by atoms with Gasteiger partial charge in [-0.1, -0.05) is 71.9 Å². The molecule has 118 valence electrons. The summed E-state index contributed by atoms with van der Waals surface area (Å²) >= 11 is 0. The molecule has 0 amide bonds. The van der Waals surface area contributed by atoms with Gasteiger partial charge in [0.25, 0.3) is 0 Å². The molecule has 0 heteroatoms. The highest BCUT2D eigenvalue weighted by atomic mass is 14.0. The molecular formula is C26H14. The molecule has 0 unspecified atom stereocenters. The average Bonchev–Trinajstić information content (AvgIpc) is 2.71. The Morgan fingerprint density at radius 2 is 0.615 bits per heavy atom. The lowest BCUT2D eigenvalue weighted by Gasteiger charge is -1.98. The maximum Gasteiger partial charge on any atom is 0.0405 e. The zero-order valence-electron chi connectivity index (χ0n) is 14.1. The Kier molecular flexibility index (Phi) is 5.24. The molecule has 0 N–H and O–H groups in total. The minimum absolute atomic E-state index is 0.784. The van der Waals surface area contributed by atoms with Crippen molar-refractivity contribution in [2.45, 2.75) is 0 Å². The van der Waals surface area contributed by atoms with Crippen molar-refractivity contribution < 1.29 is 0 Å². The molecule has 0 spiro atoms. The highest BCUT2D eigenvalue weighted by Crippen LogP contribution is 2.10. The van der Waals surface area contributed by atoms with Gasteiger partial charge in [-0.25, -0.2) is 0 Å². The molecule has 0 aromatic heterocycles. The summed E-state index contributed by atoms with van der Waals surface area (Å²) in [5.41, 5.74) is 4.93. The summed E-state index contributed by atoms with van der Waals surface area (Å²) in [6.07, 6.45) is 11.1. The minimum atomic E-state index is 0.784. The maximum absolute atomic E-state index is 5.53. The third-order valence-corrected chi connectivity index (χ3v) is 3.76. The molecule has 0 heterocycles. The van der Waals surface area contributed by atoms with E-state index in [0.29, 0.717) is 0 Å². The zero-order chi connectivity index (χ0) is 18.2. The van der Waals surface area contributed by atoms with E-state index >= 15 is 0 Å². The van der Waals surface area contributed by atoms with Crippen LogP contribution in [-0.2, 0) is 0 Å². The Balaban J connectivity index is 2.00. The zero-order valence-corrected chi connectivity index (χ0v) is 14.1. The van der Waals surface area contributed by atoms with Gasteiger partial charge in [0.2, 0.25) is 0 Å². The summed E-state index contributed by atoms with van der Waals surface area (Å²) < 4.78 is 0. The topological polar surface area (TPSA) is 0 Å². The van der Waals surface area contributed by atoms with Crippen LogP contribution in [0.2, 0.25) is 0 Å². The molecule has 0 aliphatic carbocycles. The lowest BCUT2D eigenvalue weighted by Crippen LogP contribution is -1.86. The smallest absolute Gasteiger partial charge is 0.0405 e. The van der Waals surface area contributed by atoms with Crippen LogP contribution in [0.3, 0.4) is 0 Å². The van der Waals surface area contributed by atoms with Crippen molar-refractivity contribution in [3.63, 3.8) is 0 Å². The standard InChI is InChI=1S/C26H14/c1-3-21-11-5-7-13-23(21)17-19-25-15-9-10-16-26(25)20-18-24-14-8-6-12-22(24)4-2/h1-2,5-16H. The molecule has 0 fully saturated rings. The molecule has 3 rings (SSSR count). The second-order valence-corrected chi connectivity index (χ2v) is 5.43. The Morgan fingerprint density at radius 1 is 0.385 bits per heavy atom. The molecule has 0 aliphatic rings. The molecular weight excluding hydrogens is 312 g/mol. The summed E-state index contributed by atoms with van der Waals surface area (Å²) in [6, 6.07) is 23.0. The second-order valence-electron chi connectivity index (χ2n) is 5.43. The second kappa shape index (κ2) is 8.13. The van der Waals surface area contributed by atoms with Crippen molar-refractivity contribution in [2.75, 3.05) is 0 Å². The SMILES string of the molecule is C#Cc1ccccc1C#Cc1ccccc1C#Cc1ccccc1C#C. The minimum Gasteiger partial charge on any atom is -0.115 e. The van der Waals surface area contributed by atoms with Crippen LogP contribution in [0.15, 0.2) is 72.8 Å². The third kappa shape index (κ3) is 3.86. The van der Waals surface area contributed by atoms with Crippen molar-refractivity contribution in [1.29, 1.82) is 0 Å². The normalized spacial score (nSPS) is 8.85. The van der Waals surface area contributed by atoms with E-state index in [1.807, 2.05) is 72.8 Å². The van der Waals surface area contributed by atoms with Crippen molar-refractivity contribution >= 4 is 0 Å². The number of hydrogen-bond acceptors (Lipinski definition) is 0. The van der Waals surface area contributed by atoms with Crippen LogP contribution in [0.5, 0.6) is 0 Å². The highest BCUT2D eigenvalue weighted by molar-refractivity contribution is 5.58. The van der Waals surface area contributed by atoms with Crippen molar-refractivity contribution in [1.82, 2.24) is 0 Å². The number of terminal acetylenes is 2. The molecule has 0 radical (unpaired) electrons. The van der Waals surface area contributed by atoms with E-state index < -0.39 is 0 Å². The molecule has 26 heavy (non-hydrogen) atoms. The van der Waals surface area contributed by atoms with Gasteiger partial charge in [0.1, 0.15) is 0 Å². The van der Waals surface area contributed by atoms with E-state index in [1.165, 1.54) is 0 Å². The largest absolute Gasteiger partial charge is 0.115 e. The fraction of sp³-hybridized carbons (Fsp3) is 0. The molecule has 0 bridgehead atoms. The summed E-state index contributed by atoms with van der Waals surface area (Å²) in [4.78, 5) is 0. The molecule has 0 aliphatic heterocycles. The van der Waals surface area contributed by atoms with Gasteiger partial charge in [-0.15, -0.1) is 12.8 Å². The molecule has 0 saturated carbocycles. The lowest BCUT2D eigenvalue weighted by molar-refractivity contribution is 1.56. The summed E-state index contributed by atoms with van der Waals surface area (Å²) in [7, 11) is 0. The first-order valence-electron chi connectivity index (χ1n) is 8.06. The number of benzene rings is 3. The van der Waals surface area contributed by atoms with Crippen LogP contribution in [0.1, 0.15) is 33.4 Å². The fourth-order valence-electron chi connectivity index (χ4n) is 2.41. The quantitative estimate of drug-likeness (QED) is 0.536. The lowest BCUT2D eigenvalue weighted by atomic mass is 10.0. The van der Waals surface area contributed by atoms with Gasteiger partial charge in [-0.05, 0) is 36.4 Å². The Morgan fingerprint density at radius 3 is 0.885 bits per heavy atom. The molecule has 0 nitrogen and oxygen atoms in total. The molecule has 3 aromatic rings. The first kappa shape index (κ1) is 16.7. The first-order chi connectivity index (χ1) is 12.8. The van der Waals surface area contributed by atoms with Gasteiger partial charge in [-0.2, -0.15) is 0 Å². The van der Waals surface area contributed by atoms with E-state index in [4.69, 9.17) is 12.8 Å². The predicted octanol–water partition coefficient (Wildman–Crippen LogP) is 4.45. The Bertz CT molecular complexity index is 1060. The molecule has 0 saturated heterocycles. The average molecular weight is 326 g/mol. The van der Waals surface area contributed by atoms with E-state index in [-0.39, 0.29) is 0 Å². The van der Waals surface area contributed by atoms with Gasteiger partial charge in [0.05, 0.1) is 0 Å². The van der Waals surface area contributed by atoms with Crippen molar-refractivity contribution in [3.05, 3.63) is 106 Å². The van der Waals surface area contributed by atoms with Crippen LogP contribution in [-0.4, -0.2) is 0 Å². The van der Waals surface area contributed by atoms with Crippen LogP contribution in [0.4, 0.5) is 0 Å². The van der Waals surface area contributed by atoms with Crippen LogP contribution in [0, 0.1) is 48.4 Å². The van der Waals surface area contributed by atoms with E-state index in [9.17, 15) is 0 Å². The highest BCUT2D eigenvalue weighted by Gasteiger charge is 1.98. The molecule has 0 atom stereocenters. The summed E-state index contributed by atoms with van der Waals surface area (Å²) in [5, 5.41) is 0. The molecule has 3 aromatic carbocycles. The van der Waals surface area contributed by atoms with Crippen LogP contribution in [0.25, 0.3) is 0 Å². The van der Waals surface area contributed by atoms with Gasteiger partial charge in [0.15, 0.2) is 0 Å². The summed E-state index contributed by atoms with van der Waals surface area (Å²) in [6.45, 7) is 0. The summed E-state index contributed by atoms with van der Waals surface area (Å²) in [5.74, 6) is 18.0. The maximum atomic E-state index is 5.53. The predicted molar refractivity (Wildman–Crippen MR) is 107 cm³/mol. The van der Waals surface area contributed by atoms with Gasteiger partial charge >= 0.3 is 0 Å². The van der Waals surface area contributed by atoms with E-state index in [2.05, 4.69) is 35.5 Å². The van der Waals surface area contributed by atoms with Crippen LogP contribution >= 0.6 is 0 Å². The number of hydrogen-bond donors (Lipinski definition) is 0. The van der Waals surface area contributed by atoms with Crippen molar-refractivity contribution in [2.24, 2.45) is 0 Å². The van der Waals surface area contributed by atoms with E-state index in [1.54, 1.807) is 0 Å².